The Hall–Kier alpha value is -1.66. The molecule has 2 aromatic heterocycles. The highest BCUT2D eigenvalue weighted by molar-refractivity contribution is 5.09. The molecule has 1 saturated heterocycles. The lowest BCUT2D eigenvalue weighted by Crippen LogP contribution is -2.24. The molecular weight excluding hydrogens is 254 g/mol. The summed E-state index contributed by atoms with van der Waals surface area (Å²) in [7, 11) is 1.93. The van der Waals surface area contributed by atoms with Crippen molar-refractivity contribution < 1.29 is 4.74 Å². The number of aromatic nitrogens is 4. The normalized spacial score (nSPS) is 20.4. The van der Waals surface area contributed by atoms with E-state index in [0.29, 0.717) is 5.92 Å². The van der Waals surface area contributed by atoms with E-state index in [1.54, 1.807) is 0 Å². The minimum Gasteiger partial charge on any atom is -0.381 e. The van der Waals surface area contributed by atoms with Gasteiger partial charge in [0.15, 0.2) is 0 Å². The molecule has 0 bridgehead atoms. The summed E-state index contributed by atoms with van der Waals surface area (Å²) in [6.45, 7) is 2.46. The van der Waals surface area contributed by atoms with Gasteiger partial charge in [-0.2, -0.15) is 5.10 Å². The summed E-state index contributed by atoms with van der Waals surface area (Å²) in [5, 5.41) is 4.19. The van der Waals surface area contributed by atoms with E-state index in [-0.39, 0.29) is 6.04 Å². The third-order valence-electron chi connectivity index (χ3n) is 3.96. The largest absolute Gasteiger partial charge is 0.381 e. The summed E-state index contributed by atoms with van der Waals surface area (Å²) in [5.74, 6) is 0.406. The van der Waals surface area contributed by atoms with Gasteiger partial charge in [0, 0.05) is 38.5 Å². The molecular formula is C14H21N5O. The minimum absolute atomic E-state index is 0.00824. The molecule has 2 unspecified atom stereocenters. The highest BCUT2D eigenvalue weighted by Gasteiger charge is 2.26. The molecule has 2 aromatic rings. The lowest BCUT2D eigenvalue weighted by molar-refractivity contribution is 0.180. The predicted molar refractivity (Wildman–Crippen MR) is 75.0 cm³/mol. The van der Waals surface area contributed by atoms with Crippen molar-refractivity contribution in [3.8, 4) is 0 Å². The Bertz CT molecular complexity index is 555. The number of rotatable bonds is 5. The van der Waals surface area contributed by atoms with Crippen LogP contribution in [0.4, 0.5) is 0 Å². The van der Waals surface area contributed by atoms with Gasteiger partial charge < -0.3 is 15.0 Å². The monoisotopic (exact) mass is 275 g/mol. The highest BCUT2D eigenvalue weighted by Crippen LogP contribution is 2.26. The predicted octanol–water partition coefficient (Wildman–Crippen LogP) is 0.896. The van der Waals surface area contributed by atoms with E-state index in [1.165, 1.54) is 5.56 Å². The second-order valence-corrected chi connectivity index (χ2v) is 5.43. The summed E-state index contributed by atoms with van der Waals surface area (Å²) in [6.07, 6.45) is 9.66. The number of ether oxygens (including phenoxy) is 1. The molecule has 0 amide bonds. The second-order valence-electron chi connectivity index (χ2n) is 5.43. The van der Waals surface area contributed by atoms with E-state index in [4.69, 9.17) is 10.5 Å². The molecule has 0 saturated carbocycles. The molecule has 1 aliphatic heterocycles. The van der Waals surface area contributed by atoms with Crippen LogP contribution in [0.15, 0.2) is 24.9 Å². The van der Waals surface area contributed by atoms with Crippen LogP contribution in [0, 0.1) is 5.92 Å². The van der Waals surface area contributed by atoms with Crippen LogP contribution in [0.25, 0.3) is 0 Å². The first kappa shape index (κ1) is 13.3. The average molecular weight is 275 g/mol. The molecule has 3 rings (SSSR count). The van der Waals surface area contributed by atoms with Crippen LogP contribution in [-0.4, -0.2) is 32.5 Å². The van der Waals surface area contributed by atoms with E-state index < -0.39 is 0 Å². The molecule has 108 valence electrons. The Morgan fingerprint density at radius 2 is 2.40 bits per heavy atom. The molecule has 1 aliphatic rings. The SMILES string of the molecule is Cn1cc(CCn2cncc2C(N)C2CCOC2)cn1. The summed E-state index contributed by atoms with van der Waals surface area (Å²) in [5.41, 5.74) is 8.69. The number of hydrogen-bond donors (Lipinski definition) is 1. The molecule has 20 heavy (non-hydrogen) atoms. The van der Waals surface area contributed by atoms with E-state index >= 15 is 0 Å². The molecule has 3 heterocycles. The van der Waals surface area contributed by atoms with E-state index in [0.717, 1.165) is 38.3 Å². The molecule has 0 aromatic carbocycles. The van der Waals surface area contributed by atoms with Gasteiger partial charge in [0.2, 0.25) is 0 Å². The zero-order chi connectivity index (χ0) is 13.9. The topological polar surface area (TPSA) is 70.9 Å². The van der Waals surface area contributed by atoms with Gasteiger partial charge in [0.25, 0.3) is 0 Å². The van der Waals surface area contributed by atoms with Crippen LogP contribution in [-0.2, 0) is 24.8 Å². The Morgan fingerprint density at radius 1 is 1.50 bits per heavy atom. The van der Waals surface area contributed by atoms with Crippen molar-refractivity contribution >= 4 is 0 Å². The van der Waals surface area contributed by atoms with Crippen molar-refractivity contribution in [3.63, 3.8) is 0 Å². The number of nitrogens with zero attached hydrogens (tertiary/aromatic N) is 4. The van der Waals surface area contributed by atoms with Gasteiger partial charge in [-0.15, -0.1) is 0 Å². The third-order valence-corrected chi connectivity index (χ3v) is 3.96. The smallest absolute Gasteiger partial charge is 0.0948 e. The standard InChI is InChI=1S/C14H21N5O/c1-18-8-11(6-17-18)2-4-19-10-16-7-13(19)14(15)12-3-5-20-9-12/h6-8,10,12,14H,2-5,9,15H2,1H3. The van der Waals surface area contributed by atoms with Crippen molar-refractivity contribution in [3.05, 3.63) is 36.2 Å². The molecule has 6 heteroatoms. The summed E-state index contributed by atoms with van der Waals surface area (Å²) >= 11 is 0. The zero-order valence-corrected chi connectivity index (χ0v) is 11.8. The fourth-order valence-corrected chi connectivity index (χ4v) is 2.72. The number of nitrogens with two attached hydrogens (primary N) is 1. The third kappa shape index (κ3) is 2.76. The van der Waals surface area contributed by atoms with Crippen LogP contribution in [0.2, 0.25) is 0 Å². The van der Waals surface area contributed by atoms with Crippen LogP contribution in [0.5, 0.6) is 0 Å². The quantitative estimate of drug-likeness (QED) is 0.880. The Kier molecular flexibility index (Phi) is 3.84. The maximum absolute atomic E-state index is 6.36. The van der Waals surface area contributed by atoms with E-state index in [2.05, 4.69) is 14.6 Å². The van der Waals surface area contributed by atoms with Crippen LogP contribution in [0.3, 0.4) is 0 Å². The Morgan fingerprint density at radius 3 is 3.10 bits per heavy atom. The van der Waals surface area contributed by atoms with Gasteiger partial charge in [-0.1, -0.05) is 0 Å². The Labute approximate surface area is 118 Å². The van der Waals surface area contributed by atoms with Gasteiger partial charge in [0.05, 0.1) is 30.9 Å². The maximum Gasteiger partial charge on any atom is 0.0948 e. The first-order chi connectivity index (χ1) is 9.74. The van der Waals surface area contributed by atoms with Crippen LogP contribution < -0.4 is 5.73 Å². The molecule has 2 N–H and O–H groups in total. The zero-order valence-electron chi connectivity index (χ0n) is 11.8. The number of aryl methyl sites for hydroxylation is 3. The highest BCUT2D eigenvalue weighted by atomic mass is 16.5. The van der Waals surface area contributed by atoms with Crippen molar-refractivity contribution in [2.75, 3.05) is 13.2 Å². The molecule has 0 spiro atoms. The summed E-state index contributed by atoms with van der Waals surface area (Å²) in [4.78, 5) is 4.25. The maximum atomic E-state index is 6.36. The molecule has 6 nitrogen and oxygen atoms in total. The fraction of sp³-hybridized carbons (Fsp3) is 0.571. The van der Waals surface area contributed by atoms with E-state index in [1.807, 2.05) is 36.6 Å². The molecule has 0 radical (unpaired) electrons. The fourth-order valence-electron chi connectivity index (χ4n) is 2.72. The summed E-state index contributed by atoms with van der Waals surface area (Å²) in [6, 6.07) is 0.00824. The summed E-state index contributed by atoms with van der Waals surface area (Å²) < 4.78 is 9.40. The molecule has 2 atom stereocenters. The van der Waals surface area contributed by atoms with Gasteiger partial charge >= 0.3 is 0 Å². The lowest BCUT2D eigenvalue weighted by atomic mass is 9.97. The van der Waals surface area contributed by atoms with Crippen molar-refractivity contribution in [2.45, 2.75) is 25.4 Å². The molecule has 0 aliphatic carbocycles. The van der Waals surface area contributed by atoms with Crippen LogP contribution >= 0.6 is 0 Å². The van der Waals surface area contributed by atoms with Gasteiger partial charge in [-0.3, -0.25) is 4.68 Å². The van der Waals surface area contributed by atoms with Crippen LogP contribution in [0.1, 0.15) is 23.7 Å². The number of imidazole rings is 1. The van der Waals surface area contributed by atoms with Gasteiger partial charge in [-0.25, -0.2) is 4.98 Å². The second kappa shape index (κ2) is 5.76. The van der Waals surface area contributed by atoms with Crippen molar-refractivity contribution in [2.24, 2.45) is 18.7 Å². The molecule has 1 fully saturated rings. The van der Waals surface area contributed by atoms with Crippen molar-refractivity contribution in [1.82, 2.24) is 19.3 Å². The first-order valence-electron chi connectivity index (χ1n) is 7.05. The number of hydrogen-bond acceptors (Lipinski definition) is 4. The average Bonchev–Trinajstić information content (AvgIpc) is 3.17. The lowest BCUT2D eigenvalue weighted by Gasteiger charge is -2.19. The van der Waals surface area contributed by atoms with E-state index in [9.17, 15) is 0 Å². The minimum atomic E-state index is 0.00824. The van der Waals surface area contributed by atoms with Gasteiger partial charge in [-0.05, 0) is 18.4 Å². The van der Waals surface area contributed by atoms with Crippen molar-refractivity contribution in [1.29, 1.82) is 0 Å². The van der Waals surface area contributed by atoms with Gasteiger partial charge in [0.1, 0.15) is 0 Å². The Balaban J connectivity index is 1.66. The first-order valence-corrected chi connectivity index (χ1v) is 7.05.